The number of sulfonamides is 1. The van der Waals surface area contributed by atoms with Gasteiger partial charge in [0, 0.05) is 19.2 Å². The van der Waals surface area contributed by atoms with Crippen molar-refractivity contribution < 1.29 is 23.1 Å². The minimum atomic E-state index is -3.72. The third kappa shape index (κ3) is 4.05. The molecular formula is C14H19NO5S. The van der Waals surface area contributed by atoms with Crippen LogP contribution in [0.4, 0.5) is 0 Å². The molecular weight excluding hydrogens is 294 g/mol. The van der Waals surface area contributed by atoms with E-state index in [4.69, 9.17) is 9.84 Å². The lowest BCUT2D eigenvalue weighted by Crippen LogP contribution is -2.33. The van der Waals surface area contributed by atoms with Crippen LogP contribution in [0, 0.1) is 0 Å². The first-order valence-corrected chi connectivity index (χ1v) is 7.71. The van der Waals surface area contributed by atoms with Crippen molar-refractivity contribution in [1.29, 1.82) is 0 Å². The zero-order valence-corrected chi connectivity index (χ0v) is 13.2. The molecule has 0 saturated heterocycles. The summed E-state index contributed by atoms with van der Waals surface area (Å²) >= 11 is 0. The first-order valence-electron chi connectivity index (χ1n) is 6.27. The Labute approximate surface area is 124 Å². The summed E-state index contributed by atoms with van der Waals surface area (Å²) in [5, 5.41) is 8.63. The lowest BCUT2D eigenvalue weighted by Gasteiger charge is -2.22. The molecule has 0 spiro atoms. The highest BCUT2D eigenvalue weighted by Gasteiger charge is 2.26. The average Bonchev–Trinajstić information content (AvgIpc) is 2.43. The van der Waals surface area contributed by atoms with Gasteiger partial charge in [-0.2, -0.15) is 4.31 Å². The van der Waals surface area contributed by atoms with E-state index in [0.29, 0.717) is 5.56 Å². The van der Waals surface area contributed by atoms with E-state index >= 15 is 0 Å². The molecule has 116 valence electrons. The number of aliphatic carboxylic acids is 1. The van der Waals surface area contributed by atoms with Crippen LogP contribution < -0.4 is 4.74 Å². The zero-order chi connectivity index (χ0) is 16.2. The molecule has 1 rings (SSSR count). The number of methoxy groups -OCH3 is 1. The van der Waals surface area contributed by atoms with Gasteiger partial charge in [-0.05, 0) is 37.6 Å². The second-order valence-corrected chi connectivity index (χ2v) is 6.66. The summed E-state index contributed by atoms with van der Waals surface area (Å²) < 4.78 is 31.4. The van der Waals surface area contributed by atoms with Crippen LogP contribution in [-0.2, 0) is 14.8 Å². The monoisotopic (exact) mass is 313 g/mol. The minimum Gasteiger partial charge on any atom is -0.495 e. The smallest absolute Gasteiger partial charge is 0.328 e. The second-order valence-electron chi connectivity index (χ2n) is 4.70. The van der Waals surface area contributed by atoms with Crippen molar-refractivity contribution in [3.05, 3.63) is 29.8 Å². The fourth-order valence-electron chi connectivity index (χ4n) is 1.60. The first-order chi connectivity index (χ1) is 9.70. The van der Waals surface area contributed by atoms with Crippen LogP contribution in [-0.4, -0.2) is 44.0 Å². The van der Waals surface area contributed by atoms with Gasteiger partial charge in [0.1, 0.15) is 10.6 Å². The lowest BCUT2D eigenvalue weighted by atomic mass is 10.2. The maximum absolute atomic E-state index is 12.5. The molecule has 6 nitrogen and oxygen atoms in total. The van der Waals surface area contributed by atoms with Crippen LogP contribution in [0.25, 0.3) is 6.08 Å². The van der Waals surface area contributed by atoms with Crippen LogP contribution >= 0.6 is 0 Å². The number of ether oxygens (including phenoxy) is 1. The highest BCUT2D eigenvalue weighted by molar-refractivity contribution is 7.89. The molecule has 0 heterocycles. The van der Waals surface area contributed by atoms with Crippen molar-refractivity contribution in [3.63, 3.8) is 0 Å². The number of benzene rings is 1. The van der Waals surface area contributed by atoms with Crippen LogP contribution in [0.3, 0.4) is 0 Å². The van der Waals surface area contributed by atoms with Gasteiger partial charge < -0.3 is 9.84 Å². The quantitative estimate of drug-likeness (QED) is 0.810. The molecule has 0 aliphatic carbocycles. The van der Waals surface area contributed by atoms with Crippen molar-refractivity contribution in [3.8, 4) is 5.75 Å². The van der Waals surface area contributed by atoms with Crippen LogP contribution in [0.15, 0.2) is 29.2 Å². The molecule has 0 radical (unpaired) electrons. The predicted molar refractivity (Wildman–Crippen MR) is 79.7 cm³/mol. The molecule has 0 saturated carbocycles. The van der Waals surface area contributed by atoms with E-state index in [1.54, 1.807) is 19.9 Å². The van der Waals surface area contributed by atoms with Crippen molar-refractivity contribution in [2.45, 2.75) is 24.8 Å². The Hall–Kier alpha value is -1.86. The van der Waals surface area contributed by atoms with Gasteiger partial charge in [0.05, 0.1) is 7.11 Å². The molecule has 0 fully saturated rings. The number of carboxylic acids is 1. The van der Waals surface area contributed by atoms with E-state index in [1.165, 1.54) is 36.7 Å². The van der Waals surface area contributed by atoms with Gasteiger partial charge in [-0.3, -0.25) is 0 Å². The van der Waals surface area contributed by atoms with E-state index in [0.717, 1.165) is 6.08 Å². The Morgan fingerprint density at radius 1 is 1.38 bits per heavy atom. The highest BCUT2D eigenvalue weighted by Crippen LogP contribution is 2.28. The minimum absolute atomic E-state index is 0.00809. The summed E-state index contributed by atoms with van der Waals surface area (Å²) in [6.45, 7) is 3.52. The van der Waals surface area contributed by atoms with Gasteiger partial charge in [-0.1, -0.05) is 6.07 Å². The average molecular weight is 313 g/mol. The molecule has 1 aromatic rings. The van der Waals surface area contributed by atoms with E-state index in [-0.39, 0.29) is 16.7 Å². The van der Waals surface area contributed by atoms with Gasteiger partial charge in [-0.15, -0.1) is 0 Å². The van der Waals surface area contributed by atoms with E-state index in [1.807, 2.05) is 0 Å². The normalized spacial score (nSPS) is 12.3. The number of rotatable bonds is 6. The fourth-order valence-corrected chi connectivity index (χ4v) is 3.15. The van der Waals surface area contributed by atoms with Gasteiger partial charge in [0.25, 0.3) is 0 Å². The third-order valence-corrected chi connectivity index (χ3v) is 5.05. The van der Waals surface area contributed by atoms with E-state index in [2.05, 4.69) is 0 Å². The van der Waals surface area contributed by atoms with Crippen LogP contribution in [0.1, 0.15) is 19.4 Å². The third-order valence-electron chi connectivity index (χ3n) is 2.99. The predicted octanol–water partition coefficient (Wildman–Crippen LogP) is 1.82. The summed E-state index contributed by atoms with van der Waals surface area (Å²) in [7, 11) is -0.844. The summed E-state index contributed by atoms with van der Waals surface area (Å²) in [6.07, 6.45) is 2.28. The Kier molecular flexibility index (Phi) is 5.51. The number of nitrogens with zero attached hydrogens (tertiary/aromatic N) is 1. The van der Waals surface area contributed by atoms with Crippen LogP contribution in [0.5, 0.6) is 5.75 Å². The van der Waals surface area contributed by atoms with Crippen molar-refractivity contribution >= 4 is 22.1 Å². The highest BCUT2D eigenvalue weighted by atomic mass is 32.2. The molecule has 7 heteroatoms. The zero-order valence-electron chi connectivity index (χ0n) is 12.4. The molecule has 1 aromatic carbocycles. The van der Waals surface area contributed by atoms with Gasteiger partial charge >= 0.3 is 5.97 Å². The van der Waals surface area contributed by atoms with Crippen molar-refractivity contribution in [2.75, 3.05) is 14.2 Å². The van der Waals surface area contributed by atoms with Crippen molar-refractivity contribution in [1.82, 2.24) is 4.31 Å². The Balaban J connectivity index is 3.39. The lowest BCUT2D eigenvalue weighted by molar-refractivity contribution is -0.131. The van der Waals surface area contributed by atoms with Gasteiger partial charge in [-0.25, -0.2) is 13.2 Å². The summed E-state index contributed by atoms with van der Waals surface area (Å²) in [5.74, 6) is -0.885. The Bertz CT molecular complexity index is 649. The molecule has 1 N–H and O–H groups in total. The molecule has 0 unspecified atom stereocenters. The number of carbonyl (C=O) groups is 1. The SMILES string of the molecule is COc1ccc(/C=C/C(=O)O)cc1S(=O)(=O)N(C)C(C)C. The van der Waals surface area contributed by atoms with E-state index in [9.17, 15) is 13.2 Å². The number of carboxylic acid groups (broad SMARTS) is 1. The summed E-state index contributed by atoms with van der Waals surface area (Å²) in [6, 6.07) is 4.28. The molecule has 0 aromatic heterocycles. The number of hydrogen-bond donors (Lipinski definition) is 1. The van der Waals surface area contributed by atoms with Gasteiger partial charge in [0.15, 0.2) is 0 Å². The van der Waals surface area contributed by atoms with Crippen molar-refractivity contribution in [2.24, 2.45) is 0 Å². The second kappa shape index (κ2) is 6.73. The fraction of sp³-hybridized carbons (Fsp3) is 0.357. The molecule has 21 heavy (non-hydrogen) atoms. The topological polar surface area (TPSA) is 83.9 Å². The molecule has 0 amide bonds. The van der Waals surface area contributed by atoms with Gasteiger partial charge in [0.2, 0.25) is 10.0 Å². The number of hydrogen-bond acceptors (Lipinski definition) is 4. The van der Waals surface area contributed by atoms with E-state index < -0.39 is 16.0 Å². The summed E-state index contributed by atoms with van der Waals surface area (Å²) in [5.41, 5.74) is 0.467. The summed E-state index contributed by atoms with van der Waals surface area (Å²) in [4.78, 5) is 10.5. The van der Waals surface area contributed by atoms with Crippen LogP contribution in [0.2, 0.25) is 0 Å². The Morgan fingerprint density at radius 3 is 2.48 bits per heavy atom. The molecule has 0 atom stereocenters. The first kappa shape index (κ1) is 17.2. The standard InChI is InChI=1S/C14H19NO5S/c1-10(2)15(3)21(18,19)13-9-11(6-8-14(16)17)5-7-12(13)20-4/h5-10H,1-4H3,(H,16,17)/b8-6+. The Morgan fingerprint density at radius 2 is 2.00 bits per heavy atom. The molecule has 0 bridgehead atoms. The molecule has 0 aliphatic heterocycles. The maximum atomic E-state index is 12.5. The maximum Gasteiger partial charge on any atom is 0.328 e. The largest absolute Gasteiger partial charge is 0.495 e. The molecule has 0 aliphatic rings.